The first kappa shape index (κ1) is 21.5. The number of carbonyl (C=O) groups excluding carboxylic acids is 2. The molecule has 0 aliphatic rings. The molecule has 2 aromatic rings. The Morgan fingerprint density at radius 2 is 1.97 bits per heavy atom. The summed E-state index contributed by atoms with van der Waals surface area (Å²) in [6, 6.07) is 13.8. The van der Waals surface area contributed by atoms with E-state index in [1.807, 2.05) is 13.0 Å². The van der Waals surface area contributed by atoms with Gasteiger partial charge in [-0.3, -0.25) is 4.79 Å². The highest BCUT2D eigenvalue weighted by molar-refractivity contribution is 5.97. The van der Waals surface area contributed by atoms with Crippen molar-refractivity contribution in [3.63, 3.8) is 0 Å². The van der Waals surface area contributed by atoms with Gasteiger partial charge in [0.25, 0.3) is 5.91 Å². The first-order valence-electron chi connectivity index (χ1n) is 8.98. The number of rotatable bonds is 8. The van der Waals surface area contributed by atoms with Crippen LogP contribution in [0.25, 0.3) is 6.08 Å². The van der Waals surface area contributed by atoms with Crippen molar-refractivity contribution in [3.8, 4) is 17.6 Å². The van der Waals surface area contributed by atoms with Crippen molar-refractivity contribution in [2.45, 2.75) is 20.0 Å². The fourth-order valence-corrected chi connectivity index (χ4v) is 2.42. The van der Waals surface area contributed by atoms with Gasteiger partial charge in [0.15, 0.2) is 17.6 Å². The molecule has 2 aromatic carbocycles. The molecule has 0 spiro atoms. The summed E-state index contributed by atoms with van der Waals surface area (Å²) in [6.45, 7) is 3.84. The monoisotopic (exact) mass is 394 g/mol. The van der Waals surface area contributed by atoms with E-state index < -0.39 is 18.0 Å². The molecule has 1 unspecified atom stereocenters. The second kappa shape index (κ2) is 10.5. The minimum Gasteiger partial charge on any atom is -0.493 e. The van der Waals surface area contributed by atoms with E-state index in [0.717, 1.165) is 0 Å². The van der Waals surface area contributed by atoms with E-state index in [2.05, 4.69) is 5.32 Å². The predicted molar refractivity (Wildman–Crippen MR) is 109 cm³/mol. The SMILES string of the molecule is CCOc1ccc(/C=C/C(=O)OC(C)C(=O)Nc2ccccc2C#N)cc1OC. The fourth-order valence-electron chi connectivity index (χ4n) is 2.42. The smallest absolute Gasteiger partial charge is 0.331 e. The fraction of sp³-hybridized carbons (Fsp3) is 0.227. The van der Waals surface area contributed by atoms with Crippen molar-refractivity contribution in [1.29, 1.82) is 5.26 Å². The number of nitriles is 1. The maximum Gasteiger partial charge on any atom is 0.331 e. The molecule has 0 aromatic heterocycles. The number of nitrogens with zero attached hydrogens (tertiary/aromatic N) is 1. The predicted octanol–water partition coefficient (Wildman–Crippen LogP) is 3.55. The normalized spacial score (nSPS) is 11.4. The van der Waals surface area contributed by atoms with Crippen molar-refractivity contribution in [1.82, 2.24) is 0 Å². The van der Waals surface area contributed by atoms with Gasteiger partial charge < -0.3 is 19.5 Å². The molecule has 0 fully saturated rings. The number of amides is 1. The standard InChI is InChI=1S/C22H22N2O5/c1-4-28-19-11-9-16(13-20(19)27-3)10-12-21(25)29-15(2)22(26)24-18-8-6-5-7-17(18)14-23/h5-13,15H,4H2,1-3H3,(H,24,26)/b12-10+. The van der Waals surface area contributed by atoms with Crippen molar-refractivity contribution in [2.75, 3.05) is 19.0 Å². The summed E-state index contributed by atoms with van der Waals surface area (Å²) in [5.41, 5.74) is 1.39. The third-order valence-electron chi connectivity index (χ3n) is 3.87. The van der Waals surface area contributed by atoms with Gasteiger partial charge in [0.05, 0.1) is 25.0 Å². The highest BCUT2D eigenvalue weighted by Gasteiger charge is 2.17. The topological polar surface area (TPSA) is 97.6 Å². The van der Waals surface area contributed by atoms with Crippen LogP contribution < -0.4 is 14.8 Å². The van der Waals surface area contributed by atoms with Gasteiger partial charge in [-0.05, 0) is 49.8 Å². The summed E-state index contributed by atoms with van der Waals surface area (Å²) in [5, 5.41) is 11.6. The van der Waals surface area contributed by atoms with E-state index in [-0.39, 0.29) is 0 Å². The van der Waals surface area contributed by atoms with Gasteiger partial charge >= 0.3 is 5.97 Å². The number of nitrogens with one attached hydrogen (secondary N) is 1. The molecule has 1 amide bonds. The number of esters is 1. The van der Waals surface area contributed by atoms with E-state index in [1.165, 1.54) is 20.1 Å². The lowest BCUT2D eigenvalue weighted by Crippen LogP contribution is -2.29. The van der Waals surface area contributed by atoms with Crippen LogP contribution in [0.2, 0.25) is 0 Å². The van der Waals surface area contributed by atoms with Gasteiger partial charge in [0.1, 0.15) is 6.07 Å². The van der Waals surface area contributed by atoms with Crippen LogP contribution in [-0.2, 0) is 14.3 Å². The van der Waals surface area contributed by atoms with Crippen molar-refractivity contribution in [3.05, 3.63) is 59.7 Å². The van der Waals surface area contributed by atoms with Crippen LogP contribution in [0.3, 0.4) is 0 Å². The van der Waals surface area contributed by atoms with Crippen LogP contribution in [0, 0.1) is 11.3 Å². The minimum atomic E-state index is -1.03. The third-order valence-corrected chi connectivity index (χ3v) is 3.87. The molecule has 150 valence electrons. The molecule has 0 aliphatic carbocycles. The minimum absolute atomic E-state index is 0.323. The zero-order chi connectivity index (χ0) is 21.2. The van der Waals surface area contributed by atoms with Crippen LogP contribution in [0.15, 0.2) is 48.5 Å². The average molecular weight is 394 g/mol. The second-order valence-corrected chi connectivity index (χ2v) is 5.90. The molecular weight excluding hydrogens is 372 g/mol. The highest BCUT2D eigenvalue weighted by atomic mass is 16.5. The Kier molecular flexibility index (Phi) is 7.80. The number of hydrogen-bond acceptors (Lipinski definition) is 6. The van der Waals surface area contributed by atoms with Gasteiger partial charge in [-0.25, -0.2) is 4.79 Å². The number of carbonyl (C=O) groups is 2. The van der Waals surface area contributed by atoms with Crippen molar-refractivity contribution in [2.24, 2.45) is 0 Å². The lowest BCUT2D eigenvalue weighted by Gasteiger charge is -2.13. The molecule has 0 saturated heterocycles. The Morgan fingerprint density at radius 3 is 2.66 bits per heavy atom. The number of hydrogen-bond donors (Lipinski definition) is 1. The third kappa shape index (κ3) is 6.11. The molecule has 0 saturated carbocycles. The van der Waals surface area contributed by atoms with Crippen LogP contribution in [0.4, 0.5) is 5.69 Å². The Morgan fingerprint density at radius 1 is 1.21 bits per heavy atom. The van der Waals surface area contributed by atoms with Crippen LogP contribution in [0.5, 0.6) is 11.5 Å². The van der Waals surface area contributed by atoms with Crippen LogP contribution >= 0.6 is 0 Å². The van der Waals surface area contributed by atoms with Gasteiger partial charge in [-0.2, -0.15) is 5.26 Å². The van der Waals surface area contributed by atoms with Crippen LogP contribution in [-0.4, -0.2) is 31.7 Å². The molecule has 29 heavy (non-hydrogen) atoms. The summed E-state index contributed by atoms with van der Waals surface area (Å²) in [5.74, 6) is -0.0461. The van der Waals surface area contributed by atoms with E-state index in [0.29, 0.717) is 34.9 Å². The first-order chi connectivity index (χ1) is 14.0. The summed E-state index contributed by atoms with van der Waals surface area (Å²) in [4.78, 5) is 24.3. The first-order valence-corrected chi connectivity index (χ1v) is 8.98. The largest absolute Gasteiger partial charge is 0.493 e. The quantitative estimate of drug-likeness (QED) is 0.543. The van der Waals surface area contributed by atoms with Gasteiger partial charge in [0.2, 0.25) is 0 Å². The summed E-state index contributed by atoms with van der Waals surface area (Å²) in [7, 11) is 1.53. The Bertz CT molecular complexity index is 946. The number of benzene rings is 2. The number of para-hydroxylation sites is 1. The molecule has 7 nitrogen and oxygen atoms in total. The van der Waals surface area contributed by atoms with Gasteiger partial charge in [-0.1, -0.05) is 18.2 Å². The molecule has 1 N–H and O–H groups in total. The molecule has 0 aliphatic heterocycles. The summed E-state index contributed by atoms with van der Waals surface area (Å²) in [6.07, 6.45) is 1.74. The maximum atomic E-state index is 12.2. The molecular formula is C22H22N2O5. The maximum absolute atomic E-state index is 12.2. The molecule has 0 bridgehead atoms. The van der Waals surface area contributed by atoms with Crippen molar-refractivity contribution >= 4 is 23.6 Å². The Balaban J connectivity index is 1.97. The lowest BCUT2D eigenvalue weighted by atomic mass is 10.2. The van der Waals surface area contributed by atoms with Crippen LogP contribution in [0.1, 0.15) is 25.0 Å². The van der Waals surface area contributed by atoms with E-state index in [4.69, 9.17) is 19.5 Å². The molecule has 0 heterocycles. The van der Waals surface area contributed by atoms with Crippen molar-refractivity contribution < 1.29 is 23.8 Å². The number of methoxy groups -OCH3 is 1. The zero-order valence-electron chi connectivity index (χ0n) is 16.5. The van der Waals surface area contributed by atoms with Gasteiger partial charge in [0, 0.05) is 6.08 Å². The highest BCUT2D eigenvalue weighted by Crippen LogP contribution is 2.28. The number of anilines is 1. The Labute approximate surface area is 169 Å². The summed E-state index contributed by atoms with van der Waals surface area (Å²) < 4.78 is 15.8. The zero-order valence-corrected chi connectivity index (χ0v) is 16.5. The average Bonchev–Trinajstić information content (AvgIpc) is 2.73. The number of ether oxygens (including phenoxy) is 3. The van der Waals surface area contributed by atoms with E-state index in [1.54, 1.807) is 48.5 Å². The molecule has 7 heteroatoms. The Hall–Kier alpha value is -3.79. The lowest BCUT2D eigenvalue weighted by molar-refractivity contribution is -0.148. The molecule has 0 radical (unpaired) electrons. The van der Waals surface area contributed by atoms with E-state index >= 15 is 0 Å². The van der Waals surface area contributed by atoms with Gasteiger partial charge in [-0.15, -0.1) is 0 Å². The summed E-state index contributed by atoms with van der Waals surface area (Å²) >= 11 is 0. The molecule has 2 rings (SSSR count). The molecule has 1 atom stereocenters. The second-order valence-electron chi connectivity index (χ2n) is 5.90. The van der Waals surface area contributed by atoms with E-state index in [9.17, 15) is 9.59 Å².